The number of aliphatic hydroxyl groups excluding tert-OH is 1. The van der Waals surface area contributed by atoms with E-state index in [4.69, 9.17) is 9.47 Å². The topological polar surface area (TPSA) is 99.5 Å². The van der Waals surface area contributed by atoms with Gasteiger partial charge in [0.1, 0.15) is 0 Å². The van der Waals surface area contributed by atoms with E-state index in [-0.39, 0.29) is 42.2 Å². The van der Waals surface area contributed by atoms with Crippen LogP contribution in [0, 0.1) is 21.3 Å². The molecule has 0 unspecified atom stereocenters. The molecule has 6 rings (SSSR count). The Balaban J connectivity index is 1.13. The number of likely N-dealkylation sites (tertiary alicyclic amines) is 2. The number of benzene rings is 2. The third kappa shape index (κ3) is 6.66. The first-order valence-electron chi connectivity index (χ1n) is 16.7. The van der Waals surface area contributed by atoms with Crippen molar-refractivity contribution in [3.05, 3.63) is 73.9 Å². The predicted octanol–water partition coefficient (Wildman–Crippen LogP) is 5.94. The van der Waals surface area contributed by atoms with E-state index in [2.05, 4.69) is 64.8 Å². The fourth-order valence-electron chi connectivity index (χ4n) is 8.16. The molecule has 0 saturated carbocycles. The van der Waals surface area contributed by atoms with E-state index in [1.807, 2.05) is 18.2 Å². The second-order valence-electron chi connectivity index (χ2n) is 13.2. The summed E-state index contributed by atoms with van der Waals surface area (Å²) in [6, 6.07) is 14.2. The monoisotopic (exact) mass is 740 g/mol. The number of aliphatic hydroxyl groups is 1. The first-order valence-corrected chi connectivity index (χ1v) is 17.7. The minimum Gasteiger partial charge on any atom is -0.504 e. The molecule has 3 aliphatic heterocycles. The lowest BCUT2D eigenvalue weighted by molar-refractivity contribution is -0.144. The number of carbonyl (C=O) groups excluding carboxylic acids is 2. The molecule has 2 amide bonds. The number of phenols is 1. The molecule has 2 aromatic carbocycles. The zero-order valence-corrected chi connectivity index (χ0v) is 28.9. The summed E-state index contributed by atoms with van der Waals surface area (Å²) in [5, 5.41) is 20.7. The molecule has 1 aliphatic carbocycles. The highest BCUT2D eigenvalue weighted by molar-refractivity contribution is 14.1. The Bertz CT molecular complexity index is 1500. The Hall–Kier alpha value is -2.73. The molecule has 3 heterocycles. The van der Waals surface area contributed by atoms with Crippen molar-refractivity contribution >= 4 is 40.5 Å². The van der Waals surface area contributed by atoms with Crippen molar-refractivity contribution in [3.63, 3.8) is 0 Å². The summed E-state index contributed by atoms with van der Waals surface area (Å²) in [7, 11) is 1.55. The highest BCUT2D eigenvalue weighted by atomic mass is 127. The standard InChI is InChI=1S/C37H45IN2O6/c1-3-7-23(16-25-17-30(38)35(42)32(18-25)45-2)10-11-31-33-26(21-41)19-28-34(29(33)22-46-31)37(44)40(36(28)43)27-12-14-39(15-13-27)20-24-8-5-4-6-9-24/h4-6,8-9,16-18,27-29,31,34,41-42H,3,7,10-15,19-22H2,1-2H3/b23-16+/t28-,29+,31-,34-/m1/s1. The normalized spacial score (nSPS) is 25.7. The fraction of sp³-hybridized carbons (Fsp3) is 0.514. The molecule has 2 aromatic rings. The fourth-order valence-corrected chi connectivity index (χ4v) is 8.78. The minimum atomic E-state index is -0.407. The Morgan fingerprint density at radius 3 is 2.54 bits per heavy atom. The van der Waals surface area contributed by atoms with Gasteiger partial charge in [0.05, 0.1) is 41.8 Å². The Morgan fingerprint density at radius 2 is 1.85 bits per heavy atom. The van der Waals surface area contributed by atoms with Crippen molar-refractivity contribution in [2.45, 2.75) is 70.6 Å². The molecule has 0 bridgehead atoms. The molecular weight excluding hydrogens is 695 g/mol. The first-order chi connectivity index (χ1) is 22.3. The molecule has 9 heteroatoms. The van der Waals surface area contributed by atoms with Crippen LogP contribution < -0.4 is 4.74 Å². The van der Waals surface area contributed by atoms with E-state index in [1.165, 1.54) is 11.1 Å². The smallest absolute Gasteiger partial charge is 0.234 e. The van der Waals surface area contributed by atoms with Crippen LogP contribution in [0.2, 0.25) is 0 Å². The molecule has 2 N–H and O–H groups in total. The van der Waals surface area contributed by atoms with Gasteiger partial charge in [0.2, 0.25) is 11.8 Å². The summed E-state index contributed by atoms with van der Waals surface area (Å²) in [6.07, 6.45) is 7.49. The second-order valence-corrected chi connectivity index (χ2v) is 14.3. The molecule has 46 heavy (non-hydrogen) atoms. The summed E-state index contributed by atoms with van der Waals surface area (Å²) < 4.78 is 12.5. The molecule has 4 atom stereocenters. The van der Waals surface area contributed by atoms with Crippen molar-refractivity contribution < 1.29 is 29.3 Å². The maximum Gasteiger partial charge on any atom is 0.234 e. The molecule has 3 fully saturated rings. The Labute approximate surface area is 285 Å². The van der Waals surface area contributed by atoms with Crippen molar-refractivity contribution in [2.24, 2.45) is 17.8 Å². The number of fused-ring (bicyclic) bond motifs is 3. The van der Waals surface area contributed by atoms with Crippen molar-refractivity contribution in [2.75, 3.05) is 33.4 Å². The number of methoxy groups -OCH3 is 1. The number of nitrogens with zero attached hydrogens (tertiary/aromatic N) is 2. The van der Waals surface area contributed by atoms with Crippen LogP contribution in [0.15, 0.2) is 59.2 Å². The number of phenolic OH excluding ortho intramolecular Hbond substituents is 1. The van der Waals surface area contributed by atoms with Gasteiger partial charge >= 0.3 is 0 Å². The average Bonchev–Trinajstić information content (AvgIpc) is 3.60. The van der Waals surface area contributed by atoms with Crippen LogP contribution in [0.4, 0.5) is 0 Å². The second kappa shape index (κ2) is 14.6. The zero-order chi connectivity index (χ0) is 32.4. The van der Waals surface area contributed by atoms with Crippen molar-refractivity contribution in [1.82, 2.24) is 9.80 Å². The molecule has 8 nitrogen and oxygen atoms in total. The number of amides is 2. The Kier molecular flexibility index (Phi) is 10.5. The average molecular weight is 741 g/mol. The third-order valence-corrected chi connectivity index (χ3v) is 11.2. The number of aromatic hydroxyl groups is 1. The van der Waals surface area contributed by atoms with Gasteiger partial charge in [-0.1, -0.05) is 55.3 Å². The molecule has 0 spiro atoms. The van der Waals surface area contributed by atoms with E-state index in [1.54, 1.807) is 12.0 Å². The molecular formula is C37H45IN2O6. The van der Waals surface area contributed by atoms with Crippen molar-refractivity contribution in [1.29, 1.82) is 0 Å². The molecule has 0 aromatic heterocycles. The van der Waals surface area contributed by atoms with Gasteiger partial charge in [0.25, 0.3) is 0 Å². The largest absolute Gasteiger partial charge is 0.504 e. The number of allylic oxidation sites excluding steroid dienone is 1. The lowest BCUT2D eigenvalue weighted by atomic mass is 9.69. The van der Waals surface area contributed by atoms with E-state index in [0.717, 1.165) is 78.4 Å². The summed E-state index contributed by atoms with van der Waals surface area (Å²) in [5.74, 6) is -0.466. The Morgan fingerprint density at radius 1 is 1.09 bits per heavy atom. The number of carbonyl (C=O) groups is 2. The van der Waals surface area contributed by atoms with Crippen LogP contribution in [-0.2, 0) is 20.9 Å². The molecule has 3 saturated heterocycles. The highest BCUT2D eigenvalue weighted by Gasteiger charge is 2.58. The number of piperidine rings is 1. The maximum absolute atomic E-state index is 14.0. The quantitative estimate of drug-likeness (QED) is 0.167. The van der Waals surface area contributed by atoms with Crippen LogP contribution >= 0.6 is 22.6 Å². The molecule has 4 aliphatic rings. The number of ether oxygens (including phenoxy) is 2. The zero-order valence-electron chi connectivity index (χ0n) is 26.8. The van der Waals surface area contributed by atoms with Gasteiger partial charge < -0.3 is 19.7 Å². The van der Waals surface area contributed by atoms with Crippen molar-refractivity contribution in [3.8, 4) is 11.5 Å². The van der Waals surface area contributed by atoms with E-state index in [9.17, 15) is 19.8 Å². The predicted molar refractivity (Wildman–Crippen MR) is 185 cm³/mol. The summed E-state index contributed by atoms with van der Waals surface area (Å²) in [4.78, 5) is 31.9. The molecule has 0 radical (unpaired) electrons. The van der Waals surface area contributed by atoms with Crippen LogP contribution in [0.3, 0.4) is 0 Å². The number of imide groups is 1. The van der Waals surface area contributed by atoms with Gasteiger partial charge in [0, 0.05) is 31.6 Å². The number of rotatable bonds is 11. The molecule has 246 valence electrons. The van der Waals surface area contributed by atoms with Crippen LogP contribution in [0.1, 0.15) is 63.0 Å². The minimum absolute atomic E-state index is 0.0392. The van der Waals surface area contributed by atoms with Crippen LogP contribution in [-0.4, -0.2) is 77.4 Å². The van der Waals surface area contributed by atoms with Gasteiger partial charge in [-0.15, -0.1) is 0 Å². The summed E-state index contributed by atoms with van der Waals surface area (Å²) >= 11 is 2.12. The maximum atomic E-state index is 14.0. The van der Waals surface area contributed by atoms with Gasteiger partial charge in [-0.25, -0.2) is 0 Å². The lowest BCUT2D eigenvalue weighted by Gasteiger charge is -2.36. The van der Waals surface area contributed by atoms with E-state index in [0.29, 0.717) is 18.8 Å². The van der Waals surface area contributed by atoms with Gasteiger partial charge in [-0.05, 0) is 95.5 Å². The van der Waals surface area contributed by atoms with Crippen LogP contribution in [0.5, 0.6) is 11.5 Å². The first kappa shape index (κ1) is 33.2. The summed E-state index contributed by atoms with van der Waals surface area (Å²) in [6.45, 7) is 5.05. The van der Waals surface area contributed by atoms with E-state index < -0.39 is 11.8 Å². The van der Waals surface area contributed by atoms with E-state index >= 15 is 0 Å². The summed E-state index contributed by atoms with van der Waals surface area (Å²) in [5.41, 5.74) is 5.47. The van der Waals surface area contributed by atoms with Gasteiger partial charge in [-0.3, -0.25) is 19.4 Å². The highest BCUT2D eigenvalue weighted by Crippen LogP contribution is 2.50. The van der Waals surface area contributed by atoms with Crippen LogP contribution in [0.25, 0.3) is 6.08 Å². The SMILES string of the molecule is CCC/C(=C\c1cc(I)c(O)c(OC)c1)CC[C@H]1OC[C@H]2C1=C(CO)C[C@H]1C(=O)N(C3CCN(Cc4ccccc4)CC3)C(=O)[C@H]12. The number of hydrogen-bond donors (Lipinski definition) is 2. The number of hydrogen-bond acceptors (Lipinski definition) is 7. The number of halogens is 1. The lowest BCUT2D eigenvalue weighted by Crippen LogP contribution is -2.47. The van der Waals surface area contributed by atoms with Gasteiger partial charge in [0.15, 0.2) is 11.5 Å². The third-order valence-electron chi connectivity index (χ3n) is 10.3. The van der Waals surface area contributed by atoms with Gasteiger partial charge in [-0.2, -0.15) is 0 Å².